The molecule has 8 heteroatoms. The first-order valence-electron chi connectivity index (χ1n) is 10.5. The number of aromatic nitrogens is 4. The normalized spacial score (nSPS) is 17.3. The molecule has 2 aliphatic heterocycles. The van der Waals surface area contributed by atoms with Gasteiger partial charge in [-0.15, -0.1) is 5.10 Å². The van der Waals surface area contributed by atoms with Crippen LogP contribution >= 0.6 is 0 Å². The second-order valence-corrected chi connectivity index (χ2v) is 8.43. The van der Waals surface area contributed by atoms with E-state index in [9.17, 15) is 0 Å². The van der Waals surface area contributed by atoms with Crippen LogP contribution in [0.1, 0.15) is 11.3 Å². The summed E-state index contributed by atoms with van der Waals surface area (Å²) < 4.78 is 0. The maximum atomic E-state index is 4.53. The van der Waals surface area contributed by atoms with Gasteiger partial charge in [0.15, 0.2) is 5.82 Å². The molecule has 3 aromatic rings. The summed E-state index contributed by atoms with van der Waals surface area (Å²) in [5.41, 5.74) is 4.68. The first-order valence-corrected chi connectivity index (χ1v) is 10.5. The molecule has 8 nitrogen and oxygen atoms in total. The van der Waals surface area contributed by atoms with Crippen LogP contribution in [0.15, 0.2) is 30.6 Å². The maximum Gasteiger partial charge on any atom is 0.151 e. The lowest BCUT2D eigenvalue weighted by molar-refractivity contribution is 0.308. The lowest BCUT2D eigenvalue weighted by Gasteiger charge is -2.37. The average molecular weight is 405 g/mol. The summed E-state index contributed by atoms with van der Waals surface area (Å²) in [5, 5.41) is 10.1. The molecule has 0 unspecified atom stereocenters. The van der Waals surface area contributed by atoms with Gasteiger partial charge in [-0.25, -0.2) is 9.97 Å². The Kier molecular flexibility index (Phi) is 4.86. The summed E-state index contributed by atoms with van der Waals surface area (Å²) in [4.78, 5) is 18.0. The van der Waals surface area contributed by atoms with Crippen LogP contribution in [0.25, 0.3) is 10.9 Å². The summed E-state index contributed by atoms with van der Waals surface area (Å²) in [7, 11) is 6.20. The van der Waals surface area contributed by atoms with E-state index in [1.165, 1.54) is 11.3 Å². The predicted octanol–water partition coefficient (Wildman–Crippen LogP) is 1.80. The van der Waals surface area contributed by atoms with E-state index in [0.29, 0.717) is 0 Å². The Morgan fingerprint density at radius 2 is 1.70 bits per heavy atom. The van der Waals surface area contributed by atoms with Gasteiger partial charge in [-0.1, -0.05) is 0 Å². The second kappa shape index (κ2) is 7.68. The highest BCUT2D eigenvalue weighted by molar-refractivity contribution is 5.91. The number of hydrogen-bond donors (Lipinski definition) is 0. The van der Waals surface area contributed by atoms with Gasteiger partial charge in [0.05, 0.1) is 11.2 Å². The number of fused-ring (bicyclic) bond motifs is 2. The molecule has 2 aromatic heterocycles. The molecule has 2 aliphatic rings. The zero-order valence-corrected chi connectivity index (χ0v) is 17.9. The van der Waals surface area contributed by atoms with Gasteiger partial charge in [-0.2, -0.15) is 5.10 Å². The van der Waals surface area contributed by atoms with Crippen molar-refractivity contribution in [3.05, 3.63) is 41.9 Å². The van der Waals surface area contributed by atoms with Crippen LogP contribution in [0.4, 0.5) is 17.3 Å². The SMILES string of the molecule is CN1CCc2nnc(N3CCN(c4ccc5ncnc(N(C)C)c5c4)CC3)cc2C1. The molecule has 0 amide bonds. The molecular weight excluding hydrogens is 376 g/mol. The topological polar surface area (TPSA) is 64.5 Å². The number of piperazine rings is 1. The van der Waals surface area contributed by atoms with Gasteiger partial charge < -0.3 is 19.6 Å². The minimum Gasteiger partial charge on any atom is -0.368 e. The molecule has 1 fully saturated rings. The van der Waals surface area contributed by atoms with Crippen LogP contribution in [0.5, 0.6) is 0 Å². The first kappa shape index (κ1) is 19.0. The number of likely N-dealkylation sites (N-methyl/N-ethyl adjacent to an activating group) is 1. The van der Waals surface area contributed by atoms with Gasteiger partial charge in [0.1, 0.15) is 12.1 Å². The van der Waals surface area contributed by atoms with Crippen LogP contribution in [-0.2, 0) is 13.0 Å². The Labute approximate surface area is 177 Å². The third kappa shape index (κ3) is 3.52. The first-order chi connectivity index (χ1) is 14.6. The van der Waals surface area contributed by atoms with Crippen LogP contribution < -0.4 is 14.7 Å². The van der Waals surface area contributed by atoms with Crippen molar-refractivity contribution in [3.8, 4) is 0 Å². The van der Waals surface area contributed by atoms with E-state index >= 15 is 0 Å². The Bertz CT molecular complexity index is 1060. The molecule has 0 spiro atoms. The van der Waals surface area contributed by atoms with E-state index in [0.717, 1.165) is 73.9 Å². The average Bonchev–Trinajstić information content (AvgIpc) is 2.78. The molecular formula is C22H28N8. The van der Waals surface area contributed by atoms with Crippen molar-refractivity contribution in [2.75, 3.05) is 68.6 Å². The van der Waals surface area contributed by atoms with Gasteiger partial charge >= 0.3 is 0 Å². The van der Waals surface area contributed by atoms with E-state index in [-0.39, 0.29) is 0 Å². The van der Waals surface area contributed by atoms with Crippen LogP contribution in [0, 0.1) is 0 Å². The van der Waals surface area contributed by atoms with Crippen molar-refractivity contribution in [3.63, 3.8) is 0 Å². The maximum absolute atomic E-state index is 4.53. The molecule has 0 aliphatic carbocycles. The van der Waals surface area contributed by atoms with Crippen molar-refractivity contribution in [2.45, 2.75) is 13.0 Å². The minimum absolute atomic E-state index is 0.938. The van der Waals surface area contributed by atoms with Gasteiger partial charge in [0, 0.05) is 70.9 Å². The largest absolute Gasteiger partial charge is 0.368 e. The molecule has 0 bridgehead atoms. The lowest BCUT2D eigenvalue weighted by atomic mass is 10.1. The number of anilines is 3. The van der Waals surface area contributed by atoms with E-state index in [1.54, 1.807) is 6.33 Å². The highest BCUT2D eigenvalue weighted by Gasteiger charge is 2.22. The Morgan fingerprint density at radius 3 is 2.50 bits per heavy atom. The Morgan fingerprint density at radius 1 is 0.900 bits per heavy atom. The highest BCUT2D eigenvalue weighted by Crippen LogP contribution is 2.28. The predicted molar refractivity (Wildman–Crippen MR) is 120 cm³/mol. The van der Waals surface area contributed by atoms with E-state index in [4.69, 9.17) is 0 Å². The summed E-state index contributed by atoms with van der Waals surface area (Å²) in [6.45, 7) is 5.81. The van der Waals surface area contributed by atoms with Crippen LogP contribution in [-0.4, -0.2) is 78.9 Å². The van der Waals surface area contributed by atoms with E-state index in [1.807, 2.05) is 19.0 Å². The third-order valence-corrected chi connectivity index (χ3v) is 6.11. The summed E-state index contributed by atoms with van der Waals surface area (Å²) in [6, 6.07) is 8.72. The van der Waals surface area contributed by atoms with Crippen molar-refractivity contribution < 1.29 is 0 Å². The van der Waals surface area contributed by atoms with E-state index in [2.05, 4.69) is 66.2 Å². The fourth-order valence-electron chi connectivity index (χ4n) is 4.39. The molecule has 5 rings (SSSR count). The van der Waals surface area contributed by atoms with E-state index < -0.39 is 0 Å². The smallest absolute Gasteiger partial charge is 0.151 e. The molecule has 0 radical (unpaired) electrons. The van der Waals surface area contributed by atoms with Crippen LogP contribution in [0.2, 0.25) is 0 Å². The van der Waals surface area contributed by atoms with Crippen molar-refractivity contribution in [2.24, 2.45) is 0 Å². The molecule has 0 N–H and O–H groups in total. The monoisotopic (exact) mass is 404 g/mol. The fourth-order valence-corrected chi connectivity index (χ4v) is 4.39. The number of nitrogens with zero attached hydrogens (tertiary/aromatic N) is 8. The number of hydrogen-bond acceptors (Lipinski definition) is 8. The lowest BCUT2D eigenvalue weighted by Crippen LogP contribution is -2.47. The number of rotatable bonds is 3. The number of benzene rings is 1. The van der Waals surface area contributed by atoms with Crippen LogP contribution in [0.3, 0.4) is 0 Å². The highest BCUT2D eigenvalue weighted by atomic mass is 15.3. The van der Waals surface area contributed by atoms with Gasteiger partial charge in [-0.3, -0.25) is 0 Å². The molecule has 4 heterocycles. The quantitative estimate of drug-likeness (QED) is 0.655. The van der Waals surface area contributed by atoms with Gasteiger partial charge in [0.25, 0.3) is 0 Å². The standard InChI is InChI=1S/C22H28N8/c1-27(2)22-18-13-17(4-5-20(18)23-15-24-22)29-8-10-30(11-9-29)21-12-16-14-28(3)7-6-19(16)25-26-21/h4-5,12-13,15H,6-11,14H2,1-3H3. The van der Waals surface area contributed by atoms with Gasteiger partial charge in [-0.05, 0) is 36.9 Å². The summed E-state index contributed by atoms with van der Waals surface area (Å²) in [6.07, 6.45) is 2.63. The molecule has 0 saturated carbocycles. The summed E-state index contributed by atoms with van der Waals surface area (Å²) in [5.74, 6) is 1.96. The minimum atomic E-state index is 0.938. The molecule has 1 aromatic carbocycles. The third-order valence-electron chi connectivity index (χ3n) is 6.11. The van der Waals surface area contributed by atoms with Crippen molar-refractivity contribution in [1.29, 1.82) is 0 Å². The Balaban J connectivity index is 1.33. The van der Waals surface area contributed by atoms with Crippen molar-refractivity contribution >= 4 is 28.2 Å². The zero-order valence-electron chi connectivity index (χ0n) is 17.9. The summed E-state index contributed by atoms with van der Waals surface area (Å²) >= 11 is 0. The van der Waals surface area contributed by atoms with Crippen molar-refractivity contribution in [1.82, 2.24) is 25.1 Å². The van der Waals surface area contributed by atoms with Gasteiger partial charge in [0.2, 0.25) is 0 Å². The molecule has 30 heavy (non-hydrogen) atoms. The fraction of sp³-hybridized carbons (Fsp3) is 0.455. The second-order valence-electron chi connectivity index (χ2n) is 8.43. The molecule has 1 saturated heterocycles. The molecule has 156 valence electrons. The zero-order chi connectivity index (χ0) is 20.7. The Hall–Kier alpha value is -3.00. The molecule has 0 atom stereocenters.